The smallest absolute Gasteiger partial charge is 0.293 e. The molecule has 0 aromatic rings. The minimum Gasteiger partial charge on any atom is -0.386 e. The summed E-state index contributed by atoms with van der Waals surface area (Å²) >= 11 is 0. The lowest BCUT2D eigenvalue weighted by Crippen LogP contribution is -2.42. The van der Waals surface area contributed by atoms with Gasteiger partial charge in [0, 0.05) is 5.41 Å². The van der Waals surface area contributed by atoms with Crippen molar-refractivity contribution in [2.24, 2.45) is 32.9 Å². The second-order valence-corrected chi connectivity index (χ2v) is 7.86. The summed E-state index contributed by atoms with van der Waals surface area (Å²) < 4.78 is 11.9. The maximum atomic E-state index is 10.2. The van der Waals surface area contributed by atoms with Crippen LogP contribution in [0.5, 0.6) is 0 Å². The van der Waals surface area contributed by atoms with Crippen molar-refractivity contribution >= 4 is 5.84 Å². The molecular weight excluding hydrogens is 304 g/mol. The van der Waals surface area contributed by atoms with Gasteiger partial charge < -0.3 is 15.2 Å². The highest BCUT2D eigenvalue weighted by atomic mass is 16.8. The quantitative estimate of drug-likeness (QED) is 0.838. The number of rotatable bonds is 2. The topological polar surface area (TPSA) is 104 Å². The fourth-order valence-corrected chi connectivity index (χ4v) is 5.95. The minimum absolute atomic E-state index is 0.157. The van der Waals surface area contributed by atoms with Crippen LogP contribution in [0.2, 0.25) is 0 Å². The normalized spacial score (nSPS) is 51.9. The molecule has 2 aliphatic carbocycles. The number of aliphatic imine (C=N–C) groups is 1. The summed E-state index contributed by atoms with van der Waals surface area (Å²) in [5, 5.41) is 20.2. The predicted molar refractivity (Wildman–Crippen MR) is 86.2 cm³/mol. The zero-order valence-electron chi connectivity index (χ0n) is 14.3. The highest BCUT2D eigenvalue weighted by Crippen LogP contribution is 2.89. The first-order valence-electron chi connectivity index (χ1n) is 8.99. The zero-order chi connectivity index (χ0) is 17.2. The second-order valence-electron chi connectivity index (χ2n) is 7.86. The third-order valence-electron chi connectivity index (χ3n) is 6.93. The number of hydrogen-bond donors (Lipinski definition) is 1. The van der Waals surface area contributed by atoms with E-state index in [9.17, 15) is 10.5 Å². The van der Waals surface area contributed by atoms with Gasteiger partial charge in [-0.05, 0) is 38.5 Å². The van der Waals surface area contributed by atoms with E-state index in [1.54, 1.807) is 0 Å². The van der Waals surface area contributed by atoms with Gasteiger partial charge in [-0.15, -0.1) is 0 Å². The zero-order valence-corrected chi connectivity index (χ0v) is 14.3. The number of fused-ring (bicyclic) bond motifs is 4. The first-order chi connectivity index (χ1) is 11.5. The monoisotopic (exact) mass is 328 g/mol. The molecule has 0 bridgehead atoms. The van der Waals surface area contributed by atoms with Crippen molar-refractivity contribution in [1.29, 1.82) is 10.5 Å². The molecular formula is C18H24N4O2. The van der Waals surface area contributed by atoms with Crippen molar-refractivity contribution in [2.45, 2.75) is 64.4 Å². The lowest BCUT2D eigenvalue weighted by Gasteiger charge is -2.36. The van der Waals surface area contributed by atoms with Gasteiger partial charge in [0.1, 0.15) is 11.3 Å². The predicted octanol–water partition coefficient (Wildman–Crippen LogP) is 2.46. The first-order valence-corrected chi connectivity index (χ1v) is 8.99. The van der Waals surface area contributed by atoms with E-state index in [2.05, 4.69) is 24.1 Å². The molecule has 0 unspecified atom stereocenters. The van der Waals surface area contributed by atoms with Crippen LogP contribution in [0, 0.1) is 44.8 Å². The van der Waals surface area contributed by atoms with Crippen LogP contribution in [0.25, 0.3) is 0 Å². The van der Waals surface area contributed by atoms with Crippen LogP contribution < -0.4 is 5.73 Å². The Hall–Kier alpha value is -1.63. The van der Waals surface area contributed by atoms with Gasteiger partial charge in [0.15, 0.2) is 5.41 Å². The van der Waals surface area contributed by atoms with Gasteiger partial charge in [0.25, 0.3) is 5.91 Å². The van der Waals surface area contributed by atoms with Crippen molar-refractivity contribution in [3.63, 3.8) is 0 Å². The summed E-state index contributed by atoms with van der Waals surface area (Å²) in [5.41, 5.74) is 3.60. The number of nitrogens with two attached hydrogens (primary N) is 1. The van der Waals surface area contributed by atoms with Crippen LogP contribution in [0.4, 0.5) is 0 Å². The molecule has 6 nitrogen and oxygen atoms in total. The number of nitrogens with zero attached hydrogens (tertiary/aromatic N) is 3. The Morgan fingerprint density at radius 1 is 1.29 bits per heavy atom. The van der Waals surface area contributed by atoms with Crippen molar-refractivity contribution < 1.29 is 9.47 Å². The lowest BCUT2D eigenvalue weighted by atomic mass is 9.71. The van der Waals surface area contributed by atoms with Gasteiger partial charge in [-0.1, -0.05) is 19.8 Å². The van der Waals surface area contributed by atoms with Crippen molar-refractivity contribution in [3.05, 3.63) is 0 Å². The molecule has 0 radical (unpaired) electrons. The van der Waals surface area contributed by atoms with Crippen molar-refractivity contribution in [1.82, 2.24) is 0 Å². The average molecular weight is 328 g/mol. The standard InChI is InChI=1S/C18H24N4O2/c1-3-4-13-5-7-15(8-6-13)16(10-19)14(21)22-18(17(15,16)11-20)23-9-12(2)24-18/h12-13H,3-9H2,1-2H3,(H2,21,22)/t12-,13?,15?,16-,17+,18+/m0/s1. The van der Waals surface area contributed by atoms with Crippen LogP contribution in [-0.2, 0) is 9.47 Å². The lowest BCUT2D eigenvalue weighted by molar-refractivity contribution is -0.202. The number of ether oxygens (including phenoxy) is 2. The number of nitriles is 2. The molecule has 4 atom stereocenters. The van der Waals surface area contributed by atoms with Crippen LogP contribution in [0.1, 0.15) is 52.4 Å². The third-order valence-corrected chi connectivity index (χ3v) is 6.93. The summed E-state index contributed by atoms with van der Waals surface area (Å²) in [4.78, 5) is 4.40. The van der Waals surface area contributed by atoms with Crippen LogP contribution in [0.15, 0.2) is 4.99 Å². The Morgan fingerprint density at radius 2 is 2.00 bits per heavy atom. The van der Waals surface area contributed by atoms with E-state index in [1.807, 2.05) is 6.92 Å². The molecule has 0 amide bonds. The molecule has 2 saturated carbocycles. The molecule has 3 fully saturated rings. The number of hydrogen-bond acceptors (Lipinski definition) is 6. The first kappa shape index (κ1) is 15.9. The fraction of sp³-hybridized carbons (Fsp3) is 0.833. The largest absolute Gasteiger partial charge is 0.386 e. The Balaban J connectivity index is 1.77. The Kier molecular flexibility index (Phi) is 3.12. The molecule has 0 aromatic heterocycles. The maximum Gasteiger partial charge on any atom is 0.293 e. The van der Waals surface area contributed by atoms with Crippen molar-refractivity contribution in [2.75, 3.05) is 6.61 Å². The number of amidine groups is 1. The Labute approximate surface area is 142 Å². The van der Waals surface area contributed by atoms with E-state index in [1.165, 1.54) is 12.8 Å². The highest BCUT2D eigenvalue weighted by Gasteiger charge is 3.00. The van der Waals surface area contributed by atoms with E-state index < -0.39 is 22.2 Å². The summed E-state index contributed by atoms with van der Waals surface area (Å²) in [5.74, 6) is -0.486. The minimum atomic E-state index is -1.39. The summed E-state index contributed by atoms with van der Waals surface area (Å²) in [6.45, 7) is 4.46. The summed E-state index contributed by atoms with van der Waals surface area (Å²) in [7, 11) is 0. The molecule has 2 N–H and O–H groups in total. The molecule has 24 heavy (non-hydrogen) atoms. The maximum absolute atomic E-state index is 10.2. The van der Waals surface area contributed by atoms with Crippen molar-refractivity contribution in [3.8, 4) is 12.1 Å². The van der Waals surface area contributed by atoms with Gasteiger partial charge in [-0.2, -0.15) is 10.5 Å². The van der Waals surface area contributed by atoms with E-state index in [0.29, 0.717) is 12.5 Å². The van der Waals surface area contributed by atoms with Crippen LogP contribution in [0.3, 0.4) is 0 Å². The fourth-order valence-electron chi connectivity index (χ4n) is 5.95. The molecule has 2 heterocycles. The average Bonchev–Trinajstić information content (AvgIpc) is 2.75. The summed E-state index contributed by atoms with van der Waals surface area (Å²) in [6.07, 6.45) is 5.90. The highest BCUT2D eigenvalue weighted by molar-refractivity contribution is 6.00. The Bertz CT molecular complexity index is 684. The van der Waals surface area contributed by atoms with Gasteiger partial charge >= 0.3 is 0 Å². The molecule has 0 aromatic carbocycles. The van der Waals surface area contributed by atoms with Crippen LogP contribution in [-0.4, -0.2) is 24.5 Å². The second kappa shape index (κ2) is 4.71. The molecule has 4 aliphatic rings. The van der Waals surface area contributed by atoms with E-state index in [-0.39, 0.29) is 11.9 Å². The van der Waals surface area contributed by atoms with Crippen LogP contribution >= 0.6 is 0 Å². The molecule has 1 saturated heterocycles. The van der Waals surface area contributed by atoms with Gasteiger partial charge in [-0.3, -0.25) is 0 Å². The van der Waals surface area contributed by atoms with Gasteiger partial charge in [-0.25, -0.2) is 4.99 Å². The molecule has 2 aliphatic heterocycles. The Morgan fingerprint density at radius 3 is 2.50 bits per heavy atom. The van der Waals surface area contributed by atoms with Gasteiger partial charge in [0.2, 0.25) is 0 Å². The van der Waals surface area contributed by atoms with E-state index in [4.69, 9.17) is 15.2 Å². The molecule has 2 spiro atoms. The SMILES string of the molecule is CCCC1CCC2(CC1)[C@@]1(C#N)[C@@]3(N=C(N)[C@@]21C#N)OC[C@H](C)O3. The molecule has 128 valence electrons. The van der Waals surface area contributed by atoms with E-state index in [0.717, 1.165) is 25.7 Å². The molecule has 6 heteroatoms. The summed E-state index contributed by atoms with van der Waals surface area (Å²) in [6, 6.07) is 4.82. The molecule has 4 rings (SSSR count). The van der Waals surface area contributed by atoms with Gasteiger partial charge in [0.05, 0.1) is 24.8 Å². The van der Waals surface area contributed by atoms with E-state index >= 15 is 0 Å². The third kappa shape index (κ3) is 1.35.